The van der Waals surface area contributed by atoms with Gasteiger partial charge in [0.25, 0.3) is 5.56 Å². The van der Waals surface area contributed by atoms with Crippen molar-refractivity contribution in [2.45, 2.75) is 20.0 Å². The number of rotatable bonds is 5. The average Bonchev–Trinajstić information content (AvgIpc) is 3.29. The molecule has 0 radical (unpaired) electrons. The van der Waals surface area contributed by atoms with Gasteiger partial charge in [-0.25, -0.2) is 4.39 Å². The van der Waals surface area contributed by atoms with Gasteiger partial charge in [0.15, 0.2) is 16.6 Å². The van der Waals surface area contributed by atoms with Crippen molar-refractivity contribution in [3.8, 4) is 11.5 Å². The van der Waals surface area contributed by atoms with Gasteiger partial charge in [-0.2, -0.15) is 0 Å². The van der Waals surface area contributed by atoms with Crippen molar-refractivity contribution in [2.75, 3.05) is 12.1 Å². The summed E-state index contributed by atoms with van der Waals surface area (Å²) in [4.78, 5) is 17.7. The fourth-order valence-corrected chi connectivity index (χ4v) is 4.14. The van der Waals surface area contributed by atoms with Gasteiger partial charge in [-0.3, -0.25) is 4.79 Å². The molecule has 0 unspecified atom stereocenters. The summed E-state index contributed by atoms with van der Waals surface area (Å²) in [6.45, 7) is 2.91. The highest BCUT2D eigenvalue weighted by Crippen LogP contribution is 2.33. The lowest BCUT2D eigenvalue weighted by atomic mass is 10.1. The van der Waals surface area contributed by atoms with Crippen LogP contribution in [0.1, 0.15) is 16.7 Å². The molecule has 2 N–H and O–H groups in total. The third-order valence-electron chi connectivity index (χ3n) is 5.63. The van der Waals surface area contributed by atoms with Crippen molar-refractivity contribution in [1.82, 2.24) is 9.88 Å². The van der Waals surface area contributed by atoms with Crippen LogP contribution in [0.25, 0.3) is 10.9 Å². The summed E-state index contributed by atoms with van der Waals surface area (Å²) in [7, 11) is 0. The molecule has 0 amide bonds. The summed E-state index contributed by atoms with van der Waals surface area (Å²) < 4.78 is 24.2. The number of fused-ring (bicyclic) bond motifs is 2. The molecule has 1 aromatic heterocycles. The Morgan fingerprint density at radius 1 is 1.03 bits per heavy atom. The third kappa shape index (κ3) is 4.72. The zero-order chi connectivity index (χ0) is 23.7. The number of ether oxygens (including phenoxy) is 2. The van der Waals surface area contributed by atoms with Crippen LogP contribution >= 0.6 is 12.2 Å². The summed E-state index contributed by atoms with van der Waals surface area (Å²) >= 11 is 5.70. The maximum atomic E-state index is 13.3. The second-order valence-corrected chi connectivity index (χ2v) is 8.58. The molecule has 34 heavy (non-hydrogen) atoms. The number of nitrogens with one attached hydrogen (secondary N) is 2. The highest BCUT2D eigenvalue weighted by molar-refractivity contribution is 7.80. The average molecular weight is 476 g/mol. The molecule has 0 atom stereocenters. The van der Waals surface area contributed by atoms with Crippen LogP contribution in [0.15, 0.2) is 71.5 Å². The van der Waals surface area contributed by atoms with Crippen LogP contribution in [0.4, 0.5) is 10.1 Å². The van der Waals surface area contributed by atoms with Crippen LogP contribution in [0.5, 0.6) is 11.5 Å². The lowest BCUT2D eigenvalue weighted by molar-refractivity contribution is 0.174. The Labute approximate surface area is 200 Å². The van der Waals surface area contributed by atoms with Gasteiger partial charge in [0, 0.05) is 23.3 Å². The minimum Gasteiger partial charge on any atom is -0.454 e. The maximum Gasteiger partial charge on any atom is 0.253 e. The fraction of sp³-hybridized carbons (Fsp3) is 0.154. The van der Waals surface area contributed by atoms with Crippen LogP contribution in [0, 0.1) is 12.7 Å². The van der Waals surface area contributed by atoms with E-state index in [-0.39, 0.29) is 24.7 Å². The molecule has 2 heterocycles. The predicted octanol–water partition coefficient (Wildman–Crippen LogP) is 5.10. The van der Waals surface area contributed by atoms with Gasteiger partial charge in [-0.15, -0.1) is 0 Å². The van der Waals surface area contributed by atoms with Gasteiger partial charge in [-0.1, -0.05) is 17.7 Å². The van der Waals surface area contributed by atoms with E-state index in [0.29, 0.717) is 34.4 Å². The molecule has 4 aromatic rings. The van der Waals surface area contributed by atoms with Crippen molar-refractivity contribution < 1.29 is 13.9 Å². The molecule has 0 saturated carbocycles. The number of hydrogen-bond acceptors (Lipinski definition) is 4. The van der Waals surface area contributed by atoms with Crippen LogP contribution in [-0.4, -0.2) is 21.8 Å². The molecule has 1 aliphatic rings. The molecule has 1 aliphatic heterocycles. The molecular formula is C26H22FN3O3S. The van der Waals surface area contributed by atoms with E-state index in [9.17, 15) is 9.18 Å². The number of H-pyrrole nitrogens is 1. The molecule has 0 spiro atoms. The molecule has 0 aliphatic carbocycles. The van der Waals surface area contributed by atoms with Gasteiger partial charge < -0.3 is 24.7 Å². The van der Waals surface area contributed by atoms with Crippen molar-refractivity contribution in [3.63, 3.8) is 0 Å². The van der Waals surface area contributed by atoms with Crippen molar-refractivity contribution in [3.05, 3.63) is 99.6 Å². The number of aryl methyl sites for hydroxylation is 1. The normalized spacial score (nSPS) is 12.1. The topological polar surface area (TPSA) is 66.6 Å². The summed E-state index contributed by atoms with van der Waals surface area (Å²) in [5.41, 5.74) is 3.91. The molecule has 5 rings (SSSR count). The number of hydrogen-bond donors (Lipinski definition) is 2. The first-order chi connectivity index (χ1) is 16.4. The molecule has 0 saturated heterocycles. The van der Waals surface area contributed by atoms with Crippen LogP contribution in [0.2, 0.25) is 0 Å². The Morgan fingerprint density at radius 3 is 2.65 bits per heavy atom. The Morgan fingerprint density at radius 2 is 1.82 bits per heavy atom. The van der Waals surface area contributed by atoms with Gasteiger partial charge in [-0.05, 0) is 84.7 Å². The minimum atomic E-state index is -0.327. The molecule has 0 fully saturated rings. The number of aromatic nitrogens is 1. The first kappa shape index (κ1) is 21.9. The van der Waals surface area contributed by atoms with Gasteiger partial charge >= 0.3 is 0 Å². The van der Waals surface area contributed by atoms with E-state index < -0.39 is 0 Å². The Bertz CT molecular complexity index is 1440. The molecule has 6 nitrogen and oxygen atoms in total. The summed E-state index contributed by atoms with van der Waals surface area (Å²) in [5, 5.41) is 4.51. The molecular weight excluding hydrogens is 453 g/mol. The van der Waals surface area contributed by atoms with E-state index in [1.54, 1.807) is 12.1 Å². The van der Waals surface area contributed by atoms with Gasteiger partial charge in [0.2, 0.25) is 6.79 Å². The van der Waals surface area contributed by atoms with E-state index >= 15 is 0 Å². The summed E-state index contributed by atoms with van der Waals surface area (Å²) in [6.07, 6.45) is 0. The van der Waals surface area contributed by atoms with E-state index in [0.717, 1.165) is 22.0 Å². The van der Waals surface area contributed by atoms with Crippen molar-refractivity contribution in [2.24, 2.45) is 0 Å². The molecule has 0 bridgehead atoms. The monoisotopic (exact) mass is 475 g/mol. The fourth-order valence-electron chi connectivity index (χ4n) is 3.89. The van der Waals surface area contributed by atoms with E-state index in [1.807, 2.05) is 54.3 Å². The van der Waals surface area contributed by atoms with E-state index in [4.69, 9.17) is 21.7 Å². The van der Waals surface area contributed by atoms with Gasteiger partial charge in [0.1, 0.15) is 5.82 Å². The third-order valence-corrected chi connectivity index (χ3v) is 5.99. The second-order valence-electron chi connectivity index (χ2n) is 8.20. The Kier molecular flexibility index (Phi) is 5.90. The molecule has 172 valence electrons. The zero-order valence-corrected chi connectivity index (χ0v) is 19.2. The molecule has 8 heteroatoms. The highest BCUT2D eigenvalue weighted by Gasteiger charge is 2.18. The number of pyridine rings is 1. The predicted molar refractivity (Wildman–Crippen MR) is 134 cm³/mol. The van der Waals surface area contributed by atoms with Crippen molar-refractivity contribution in [1.29, 1.82) is 0 Å². The lowest BCUT2D eigenvalue weighted by Gasteiger charge is -2.26. The number of thiocarbonyl (C=S) groups is 1. The standard InChI is InChI=1S/C26H22FN3O3S/c1-16-2-8-22-18(10-16)12-19(25(31)29-22)14-30(26(34)28-21-6-4-20(27)5-7-21)13-17-3-9-23-24(11-17)33-15-32-23/h2-12H,13-15H2,1H3,(H,28,34)(H,29,31). The van der Waals surface area contributed by atoms with Crippen LogP contribution in [0.3, 0.4) is 0 Å². The Balaban J connectivity index is 1.46. The summed E-state index contributed by atoms with van der Waals surface area (Å²) in [6, 6.07) is 19.5. The van der Waals surface area contributed by atoms with Crippen LogP contribution < -0.4 is 20.3 Å². The first-order valence-electron chi connectivity index (χ1n) is 10.8. The maximum absolute atomic E-state index is 13.3. The van der Waals surface area contributed by atoms with E-state index in [2.05, 4.69) is 10.3 Å². The molecule has 3 aromatic carbocycles. The number of anilines is 1. The van der Waals surface area contributed by atoms with E-state index in [1.165, 1.54) is 12.1 Å². The quantitative estimate of drug-likeness (QED) is 0.392. The summed E-state index contributed by atoms with van der Waals surface area (Å²) in [5.74, 6) is 1.05. The number of benzene rings is 3. The highest BCUT2D eigenvalue weighted by atomic mass is 32.1. The SMILES string of the molecule is Cc1ccc2[nH]c(=O)c(CN(Cc3ccc4c(c3)OCO4)C(=S)Nc3ccc(F)cc3)cc2c1. The second kappa shape index (κ2) is 9.15. The Hall–Kier alpha value is -3.91. The smallest absolute Gasteiger partial charge is 0.253 e. The number of nitrogens with zero attached hydrogens (tertiary/aromatic N) is 1. The van der Waals surface area contributed by atoms with Crippen molar-refractivity contribution >= 4 is 33.9 Å². The minimum absolute atomic E-state index is 0.170. The van der Waals surface area contributed by atoms with Crippen LogP contribution in [-0.2, 0) is 13.1 Å². The van der Waals surface area contributed by atoms with Gasteiger partial charge in [0.05, 0.1) is 6.54 Å². The lowest BCUT2D eigenvalue weighted by Crippen LogP contribution is -2.35. The number of halogens is 1. The zero-order valence-electron chi connectivity index (χ0n) is 18.4. The number of aromatic amines is 1. The largest absolute Gasteiger partial charge is 0.454 e. The first-order valence-corrected chi connectivity index (χ1v) is 11.2.